The van der Waals surface area contributed by atoms with Gasteiger partial charge in [-0.25, -0.2) is 4.39 Å². The predicted octanol–water partition coefficient (Wildman–Crippen LogP) is 1.30. The predicted molar refractivity (Wildman–Crippen MR) is 82.3 cm³/mol. The molecule has 2 aliphatic heterocycles. The molecule has 3 heterocycles. The minimum atomic E-state index is -0.449. The third-order valence-corrected chi connectivity index (χ3v) is 4.79. The lowest BCUT2D eigenvalue weighted by molar-refractivity contribution is 0.128. The summed E-state index contributed by atoms with van der Waals surface area (Å²) in [4.78, 5) is 4.46. The van der Waals surface area contributed by atoms with Crippen molar-refractivity contribution in [3.05, 3.63) is 41.2 Å². The van der Waals surface area contributed by atoms with Gasteiger partial charge in [0.25, 0.3) is 0 Å². The first-order valence-electron chi connectivity index (χ1n) is 7.73. The molecule has 1 aromatic heterocycles. The van der Waals surface area contributed by atoms with Gasteiger partial charge >= 0.3 is 0 Å². The highest BCUT2D eigenvalue weighted by atomic mass is 19.1. The molecule has 0 spiro atoms. The average Bonchev–Trinajstić information content (AvgIpc) is 2.87. The van der Waals surface area contributed by atoms with E-state index in [9.17, 15) is 4.39 Å². The van der Waals surface area contributed by atoms with E-state index in [-0.39, 0.29) is 5.56 Å². The van der Waals surface area contributed by atoms with Crippen LogP contribution in [-0.2, 0) is 13.1 Å². The zero-order chi connectivity index (χ0) is 16.0. The van der Waals surface area contributed by atoms with Crippen molar-refractivity contribution in [1.29, 1.82) is 5.26 Å². The lowest BCUT2D eigenvalue weighted by Crippen LogP contribution is -2.60. The maximum Gasteiger partial charge on any atom is 0.147 e. The summed E-state index contributed by atoms with van der Waals surface area (Å²) in [5, 5.41) is 17.5. The Hall–Kier alpha value is -2.46. The maximum absolute atomic E-state index is 13.7. The number of nitriles is 1. The van der Waals surface area contributed by atoms with Crippen LogP contribution in [0.2, 0.25) is 0 Å². The highest BCUT2D eigenvalue weighted by molar-refractivity contribution is 5.61. The normalized spacial score (nSPS) is 18.4. The number of halogens is 1. The quantitative estimate of drug-likeness (QED) is 0.836. The Labute approximate surface area is 133 Å². The SMILES string of the molecule is Cc1nnc2n1CCN(C1CN(c3cccc(F)c3C#N)C1)C2. The Kier molecular flexibility index (Phi) is 3.27. The summed E-state index contributed by atoms with van der Waals surface area (Å²) < 4.78 is 15.9. The number of fused-ring (bicyclic) bond motifs is 1. The largest absolute Gasteiger partial charge is 0.367 e. The van der Waals surface area contributed by atoms with Crippen LogP contribution in [0, 0.1) is 24.1 Å². The van der Waals surface area contributed by atoms with Gasteiger partial charge in [0.1, 0.15) is 29.1 Å². The van der Waals surface area contributed by atoms with Crippen LogP contribution in [0.1, 0.15) is 17.2 Å². The summed E-state index contributed by atoms with van der Waals surface area (Å²) in [6, 6.07) is 7.19. The molecule has 0 N–H and O–H groups in total. The molecule has 23 heavy (non-hydrogen) atoms. The number of hydrogen-bond acceptors (Lipinski definition) is 5. The fourth-order valence-corrected chi connectivity index (χ4v) is 3.40. The van der Waals surface area contributed by atoms with Crippen LogP contribution < -0.4 is 4.90 Å². The second-order valence-corrected chi connectivity index (χ2v) is 6.09. The van der Waals surface area contributed by atoms with Gasteiger partial charge in [-0.05, 0) is 19.1 Å². The number of aryl methyl sites for hydroxylation is 1. The van der Waals surface area contributed by atoms with Crippen molar-refractivity contribution in [1.82, 2.24) is 19.7 Å². The topological polar surface area (TPSA) is 61.0 Å². The summed E-state index contributed by atoms with van der Waals surface area (Å²) in [5.74, 6) is 1.53. The molecule has 1 saturated heterocycles. The highest BCUT2D eigenvalue weighted by Gasteiger charge is 2.35. The second-order valence-electron chi connectivity index (χ2n) is 6.09. The van der Waals surface area contributed by atoms with Crippen LogP contribution in [0.5, 0.6) is 0 Å². The molecule has 0 radical (unpaired) electrons. The molecule has 0 bridgehead atoms. The third-order valence-electron chi connectivity index (χ3n) is 4.79. The van der Waals surface area contributed by atoms with Crippen molar-refractivity contribution in [3.63, 3.8) is 0 Å². The first kappa shape index (κ1) is 14.2. The van der Waals surface area contributed by atoms with Crippen LogP contribution >= 0.6 is 0 Å². The van der Waals surface area contributed by atoms with Gasteiger partial charge in [0.05, 0.1) is 12.2 Å². The van der Waals surface area contributed by atoms with E-state index >= 15 is 0 Å². The molecule has 0 saturated carbocycles. The molecule has 7 heteroatoms. The van der Waals surface area contributed by atoms with Crippen LogP contribution in [0.25, 0.3) is 0 Å². The first-order chi connectivity index (χ1) is 11.2. The van der Waals surface area contributed by atoms with E-state index in [1.807, 2.05) is 19.1 Å². The molecule has 6 nitrogen and oxygen atoms in total. The number of hydrogen-bond donors (Lipinski definition) is 0. The van der Waals surface area contributed by atoms with Gasteiger partial charge in [0.15, 0.2) is 0 Å². The molecule has 0 atom stereocenters. The fraction of sp³-hybridized carbons (Fsp3) is 0.438. The Bertz CT molecular complexity index is 786. The molecule has 0 aliphatic carbocycles. The van der Waals surface area contributed by atoms with Crippen LogP contribution in [0.15, 0.2) is 18.2 Å². The van der Waals surface area contributed by atoms with Gasteiger partial charge in [0, 0.05) is 32.2 Å². The van der Waals surface area contributed by atoms with Crippen LogP contribution in [-0.4, -0.2) is 45.3 Å². The Morgan fingerprint density at radius 3 is 2.87 bits per heavy atom. The van der Waals surface area contributed by atoms with E-state index in [2.05, 4.69) is 24.6 Å². The monoisotopic (exact) mass is 312 g/mol. The summed E-state index contributed by atoms with van der Waals surface area (Å²) in [5.41, 5.74) is 0.833. The van der Waals surface area contributed by atoms with Crippen LogP contribution in [0.3, 0.4) is 0 Å². The Balaban J connectivity index is 1.45. The fourth-order valence-electron chi connectivity index (χ4n) is 3.40. The standard InChI is InChI=1S/C16H17FN6/c1-11-19-20-16-10-21(5-6-23(11)16)12-8-22(9-12)15-4-2-3-14(17)13(15)7-18/h2-4,12H,5-6,8-10H2,1H3. The molecule has 1 fully saturated rings. The molecule has 1 aromatic carbocycles. The summed E-state index contributed by atoms with van der Waals surface area (Å²) in [7, 11) is 0. The minimum Gasteiger partial charge on any atom is -0.367 e. The minimum absolute atomic E-state index is 0.139. The van der Waals surface area contributed by atoms with E-state index < -0.39 is 5.82 Å². The van der Waals surface area contributed by atoms with Gasteiger partial charge in [-0.2, -0.15) is 5.26 Å². The maximum atomic E-state index is 13.7. The lowest BCUT2D eigenvalue weighted by atomic mass is 10.0. The van der Waals surface area contributed by atoms with Crippen LogP contribution in [0.4, 0.5) is 10.1 Å². The Morgan fingerprint density at radius 1 is 1.26 bits per heavy atom. The van der Waals surface area contributed by atoms with E-state index in [1.54, 1.807) is 6.07 Å². The number of nitrogens with zero attached hydrogens (tertiary/aromatic N) is 6. The second kappa shape index (κ2) is 5.32. The number of rotatable bonds is 2. The van der Waals surface area contributed by atoms with Crippen molar-refractivity contribution in [3.8, 4) is 6.07 Å². The molecule has 4 rings (SSSR count). The van der Waals surface area contributed by atoms with Gasteiger partial charge in [-0.15, -0.1) is 10.2 Å². The van der Waals surface area contributed by atoms with Gasteiger partial charge < -0.3 is 9.47 Å². The van der Waals surface area contributed by atoms with Crippen molar-refractivity contribution >= 4 is 5.69 Å². The summed E-state index contributed by atoms with van der Waals surface area (Å²) >= 11 is 0. The van der Waals surface area contributed by atoms with Crippen molar-refractivity contribution in [2.24, 2.45) is 0 Å². The molecular formula is C16H17FN6. The number of aromatic nitrogens is 3. The summed E-state index contributed by atoms with van der Waals surface area (Å²) in [6.07, 6.45) is 0. The van der Waals surface area contributed by atoms with Crippen molar-refractivity contribution in [2.75, 3.05) is 24.5 Å². The smallest absolute Gasteiger partial charge is 0.147 e. The van der Waals surface area contributed by atoms with Gasteiger partial charge in [0.2, 0.25) is 0 Å². The molecule has 0 amide bonds. The Morgan fingerprint density at radius 2 is 2.09 bits per heavy atom. The van der Waals surface area contributed by atoms with Gasteiger partial charge in [-0.1, -0.05) is 6.07 Å². The van der Waals surface area contributed by atoms with Crippen molar-refractivity contribution in [2.45, 2.75) is 26.1 Å². The van der Waals surface area contributed by atoms with Gasteiger partial charge in [-0.3, -0.25) is 4.90 Å². The highest BCUT2D eigenvalue weighted by Crippen LogP contribution is 2.29. The van der Waals surface area contributed by atoms with E-state index in [0.717, 1.165) is 44.4 Å². The third kappa shape index (κ3) is 2.26. The average molecular weight is 312 g/mol. The molecule has 2 aromatic rings. The zero-order valence-corrected chi connectivity index (χ0v) is 12.9. The molecule has 118 valence electrons. The number of anilines is 1. The molecule has 2 aliphatic rings. The van der Waals surface area contributed by atoms with E-state index in [1.165, 1.54) is 6.07 Å². The zero-order valence-electron chi connectivity index (χ0n) is 12.9. The molecule has 0 unspecified atom stereocenters. The lowest BCUT2D eigenvalue weighted by Gasteiger charge is -2.47. The molecular weight excluding hydrogens is 295 g/mol. The number of benzene rings is 1. The summed E-state index contributed by atoms with van der Waals surface area (Å²) in [6.45, 7) is 6.28. The first-order valence-corrected chi connectivity index (χ1v) is 7.73. The van der Waals surface area contributed by atoms with E-state index in [0.29, 0.717) is 11.7 Å². The van der Waals surface area contributed by atoms with E-state index in [4.69, 9.17) is 5.26 Å². The van der Waals surface area contributed by atoms with Crippen molar-refractivity contribution < 1.29 is 4.39 Å².